The molecule has 1 aliphatic carbocycles. The molecular weight excluding hydrogens is 438 g/mol. The molecule has 9 heteroatoms. The predicted molar refractivity (Wildman–Crippen MR) is 126 cm³/mol. The van der Waals surface area contributed by atoms with E-state index in [4.69, 9.17) is 0 Å². The summed E-state index contributed by atoms with van der Waals surface area (Å²) in [6.45, 7) is 1.89. The lowest BCUT2D eigenvalue weighted by Gasteiger charge is -2.34. The van der Waals surface area contributed by atoms with E-state index in [1.54, 1.807) is 37.8 Å². The van der Waals surface area contributed by atoms with Gasteiger partial charge in [0.1, 0.15) is 5.82 Å². The summed E-state index contributed by atoms with van der Waals surface area (Å²) in [4.78, 5) is 30.3. The second-order valence-corrected chi connectivity index (χ2v) is 8.48. The Bertz CT molecular complexity index is 1400. The largest absolute Gasteiger partial charge is 0.373 e. The van der Waals surface area contributed by atoms with E-state index in [2.05, 4.69) is 30.6 Å². The van der Waals surface area contributed by atoms with Crippen LogP contribution in [0.3, 0.4) is 0 Å². The summed E-state index contributed by atoms with van der Waals surface area (Å²) < 4.78 is 26.5. The minimum absolute atomic E-state index is 0.234. The van der Waals surface area contributed by atoms with E-state index >= 15 is 0 Å². The Hall–Kier alpha value is -4.01. The molecule has 172 valence electrons. The number of amides is 1. The van der Waals surface area contributed by atoms with E-state index in [9.17, 15) is 13.6 Å². The first-order valence-corrected chi connectivity index (χ1v) is 10.9. The summed E-state index contributed by atoms with van der Waals surface area (Å²) >= 11 is 0. The molecule has 0 unspecified atom stereocenters. The average Bonchev–Trinajstić information content (AvgIpc) is 2.83. The van der Waals surface area contributed by atoms with Crippen LogP contribution in [0, 0.1) is 6.92 Å². The van der Waals surface area contributed by atoms with Crippen molar-refractivity contribution in [2.75, 3.05) is 17.7 Å². The molecule has 7 nitrogen and oxygen atoms in total. The number of rotatable bonds is 5. The lowest BCUT2D eigenvalue weighted by atomic mass is 9.78. The molecule has 0 atom stereocenters. The Labute approximate surface area is 194 Å². The van der Waals surface area contributed by atoms with E-state index < -0.39 is 5.92 Å². The fraction of sp³-hybridized carbons (Fsp3) is 0.240. The summed E-state index contributed by atoms with van der Waals surface area (Å²) in [5, 5.41) is 6.73. The van der Waals surface area contributed by atoms with Crippen molar-refractivity contribution in [3.8, 4) is 11.1 Å². The van der Waals surface area contributed by atoms with Gasteiger partial charge >= 0.3 is 0 Å². The number of nitrogens with zero attached hydrogens (tertiary/aromatic N) is 4. The molecule has 1 saturated carbocycles. The van der Waals surface area contributed by atoms with Gasteiger partial charge in [-0.2, -0.15) is 0 Å². The second-order valence-electron chi connectivity index (χ2n) is 8.48. The maximum atomic E-state index is 13.2. The standard InChI is InChI=1S/C25H22F2N6O/c1-14-20(16-5-17-12-32-23(28-2)8-22(17)31-11-16)7-19(13-30-14)33-24(34)15-3-4-29-21(6-15)18-9-25(26,27)10-18/h3-8,11-13,18H,9-10H2,1-2H3,(H,28,32)(H,33,34). The van der Waals surface area contributed by atoms with Crippen LogP contribution in [0.15, 0.2) is 55.1 Å². The van der Waals surface area contributed by atoms with Crippen molar-refractivity contribution >= 4 is 28.3 Å². The van der Waals surface area contributed by atoms with Gasteiger partial charge in [0.25, 0.3) is 5.91 Å². The highest BCUT2D eigenvalue weighted by atomic mass is 19.3. The van der Waals surface area contributed by atoms with Crippen molar-refractivity contribution in [3.63, 3.8) is 0 Å². The van der Waals surface area contributed by atoms with Crippen molar-refractivity contribution in [1.82, 2.24) is 19.9 Å². The van der Waals surface area contributed by atoms with Gasteiger partial charge in [-0.25, -0.2) is 13.8 Å². The molecule has 0 aromatic carbocycles. The molecule has 2 N–H and O–H groups in total. The fourth-order valence-electron chi connectivity index (χ4n) is 4.09. The molecule has 34 heavy (non-hydrogen) atoms. The molecule has 4 aromatic rings. The SMILES string of the molecule is CNc1cc2ncc(-c3cc(NC(=O)c4ccnc(C5CC(F)(F)C5)c4)cnc3C)cc2cn1. The minimum Gasteiger partial charge on any atom is -0.373 e. The van der Waals surface area contributed by atoms with Crippen molar-refractivity contribution in [2.24, 2.45) is 0 Å². The highest BCUT2D eigenvalue weighted by molar-refractivity contribution is 6.04. The van der Waals surface area contributed by atoms with Crippen molar-refractivity contribution in [3.05, 3.63) is 72.1 Å². The van der Waals surface area contributed by atoms with Gasteiger partial charge in [-0.3, -0.25) is 19.7 Å². The lowest BCUT2D eigenvalue weighted by molar-refractivity contribution is -0.0876. The number of aryl methyl sites for hydroxylation is 1. The van der Waals surface area contributed by atoms with Crippen LogP contribution in [-0.2, 0) is 0 Å². The van der Waals surface area contributed by atoms with Crippen LogP contribution in [0.25, 0.3) is 22.0 Å². The molecule has 4 aromatic heterocycles. The average molecular weight is 460 g/mol. The molecule has 1 fully saturated rings. The summed E-state index contributed by atoms with van der Waals surface area (Å²) in [6.07, 6.45) is 6.12. The Morgan fingerprint density at radius 1 is 1.03 bits per heavy atom. The maximum absolute atomic E-state index is 13.2. The normalized spacial score (nSPS) is 15.1. The summed E-state index contributed by atoms with van der Waals surface area (Å²) in [6, 6.07) is 8.84. The molecule has 5 rings (SSSR count). The third kappa shape index (κ3) is 4.28. The first-order chi connectivity index (χ1) is 16.3. The smallest absolute Gasteiger partial charge is 0.255 e. The molecule has 0 bridgehead atoms. The van der Waals surface area contributed by atoms with Gasteiger partial charge < -0.3 is 10.6 Å². The van der Waals surface area contributed by atoms with Gasteiger partial charge in [-0.05, 0) is 31.2 Å². The van der Waals surface area contributed by atoms with Crippen molar-refractivity contribution in [1.29, 1.82) is 0 Å². The topological polar surface area (TPSA) is 92.7 Å². The van der Waals surface area contributed by atoms with Gasteiger partial charge in [0.05, 0.1) is 17.4 Å². The van der Waals surface area contributed by atoms with Crippen LogP contribution >= 0.6 is 0 Å². The number of carbonyl (C=O) groups is 1. The number of anilines is 2. The van der Waals surface area contributed by atoms with Crippen molar-refractivity contribution < 1.29 is 13.6 Å². The molecule has 0 radical (unpaired) electrons. The number of nitrogens with one attached hydrogen (secondary N) is 2. The summed E-state index contributed by atoms with van der Waals surface area (Å²) in [5.74, 6) is -2.58. The molecule has 0 aliphatic heterocycles. The molecule has 1 aliphatic rings. The number of aromatic nitrogens is 4. The summed E-state index contributed by atoms with van der Waals surface area (Å²) in [5.41, 5.74) is 4.68. The summed E-state index contributed by atoms with van der Waals surface area (Å²) in [7, 11) is 1.80. The Kier molecular flexibility index (Phi) is 5.39. The Morgan fingerprint density at radius 3 is 2.62 bits per heavy atom. The number of alkyl halides is 2. The Morgan fingerprint density at radius 2 is 1.85 bits per heavy atom. The van der Waals surface area contributed by atoms with E-state index in [-0.39, 0.29) is 24.7 Å². The Balaban J connectivity index is 1.38. The quantitative estimate of drug-likeness (QED) is 0.425. The third-order valence-corrected chi connectivity index (χ3v) is 6.03. The van der Waals surface area contributed by atoms with Crippen LogP contribution in [0.2, 0.25) is 0 Å². The van der Waals surface area contributed by atoms with Crippen LogP contribution in [0.5, 0.6) is 0 Å². The zero-order chi connectivity index (χ0) is 23.9. The van der Waals surface area contributed by atoms with Crippen molar-refractivity contribution in [2.45, 2.75) is 31.6 Å². The second kappa shape index (κ2) is 8.40. The van der Waals surface area contributed by atoms with Gasteiger partial charge in [0.2, 0.25) is 5.92 Å². The minimum atomic E-state index is -2.64. The molecular formula is C25H22F2N6O. The van der Waals surface area contributed by atoms with Gasteiger partial charge in [-0.15, -0.1) is 0 Å². The van der Waals surface area contributed by atoms with Gasteiger partial charge in [-0.1, -0.05) is 0 Å². The van der Waals surface area contributed by atoms with Crippen LogP contribution in [0.1, 0.15) is 40.5 Å². The van der Waals surface area contributed by atoms with Crippen LogP contribution < -0.4 is 10.6 Å². The first kappa shape index (κ1) is 21.8. The van der Waals surface area contributed by atoms with Gasteiger partial charge in [0.15, 0.2) is 0 Å². The zero-order valence-corrected chi connectivity index (χ0v) is 18.6. The lowest BCUT2D eigenvalue weighted by Crippen LogP contribution is -2.34. The zero-order valence-electron chi connectivity index (χ0n) is 18.6. The molecule has 1 amide bonds. The highest BCUT2D eigenvalue weighted by Crippen LogP contribution is 2.47. The van der Waals surface area contributed by atoms with E-state index in [0.717, 1.165) is 33.5 Å². The number of hydrogen-bond acceptors (Lipinski definition) is 6. The first-order valence-electron chi connectivity index (χ1n) is 10.9. The monoisotopic (exact) mass is 460 g/mol. The van der Waals surface area contributed by atoms with Crippen LogP contribution in [0.4, 0.5) is 20.3 Å². The predicted octanol–water partition coefficient (Wildman–Crippen LogP) is 5.20. The van der Waals surface area contributed by atoms with E-state index in [1.165, 1.54) is 6.20 Å². The molecule has 4 heterocycles. The number of pyridine rings is 4. The molecule has 0 saturated heterocycles. The number of fused-ring (bicyclic) bond motifs is 1. The van der Waals surface area contributed by atoms with E-state index in [1.807, 2.05) is 25.1 Å². The number of hydrogen-bond donors (Lipinski definition) is 2. The van der Waals surface area contributed by atoms with Gasteiger partial charge in [0, 0.05) is 83.9 Å². The van der Waals surface area contributed by atoms with E-state index in [0.29, 0.717) is 16.9 Å². The third-order valence-electron chi connectivity index (χ3n) is 6.03. The maximum Gasteiger partial charge on any atom is 0.255 e. The van der Waals surface area contributed by atoms with Crippen LogP contribution in [-0.4, -0.2) is 38.8 Å². The number of halogens is 2. The number of carbonyl (C=O) groups excluding carboxylic acids is 1. The fourth-order valence-corrected chi connectivity index (χ4v) is 4.09. The molecule has 0 spiro atoms. The highest BCUT2D eigenvalue weighted by Gasteiger charge is 2.46.